The van der Waals surface area contributed by atoms with E-state index in [4.69, 9.17) is 0 Å². The molecule has 0 aromatic carbocycles. The smallest absolute Gasteiger partial charge is 0.246 e. The summed E-state index contributed by atoms with van der Waals surface area (Å²) < 4.78 is 26.8. The molecule has 1 aliphatic rings. The number of H-pyrrole nitrogens is 1. The predicted octanol–water partition coefficient (Wildman–Crippen LogP) is 1.84. The number of sulfonamides is 1. The molecule has 0 unspecified atom stereocenters. The highest BCUT2D eigenvalue weighted by molar-refractivity contribution is 7.89. The molecule has 1 fully saturated rings. The third-order valence-electron chi connectivity index (χ3n) is 3.70. The largest absolute Gasteiger partial charge is 0.281 e. The van der Waals surface area contributed by atoms with Gasteiger partial charge >= 0.3 is 0 Å². The van der Waals surface area contributed by atoms with Crippen LogP contribution in [0, 0.1) is 19.8 Å². The van der Waals surface area contributed by atoms with Crippen LogP contribution < -0.4 is 0 Å². The highest BCUT2D eigenvalue weighted by Gasteiger charge is 2.31. The van der Waals surface area contributed by atoms with Gasteiger partial charge in [0.1, 0.15) is 4.90 Å². The van der Waals surface area contributed by atoms with Crippen molar-refractivity contribution in [1.82, 2.24) is 14.5 Å². The van der Waals surface area contributed by atoms with Crippen molar-refractivity contribution in [3.05, 3.63) is 11.4 Å². The Hall–Kier alpha value is -0.880. The van der Waals surface area contributed by atoms with Crippen molar-refractivity contribution < 1.29 is 8.42 Å². The SMILES string of the molecule is CCN(CC1CCC1)S(=O)(=O)c1c(C)n[nH]c1C. The quantitative estimate of drug-likeness (QED) is 0.888. The van der Waals surface area contributed by atoms with Gasteiger partial charge in [-0.2, -0.15) is 9.40 Å². The molecule has 0 atom stereocenters. The molecule has 1 saturated carbocycles. The number of hydrogen-bond acceptors (Lipinski definition) is 3. The summed E-state index contributed by atoms with van der Waals surface area (Å²) in [5, 5.41) is 6.73. The van der Waals surface area contributed by atoms with Gasteiger partial charge in [-0.15, -0.1) is 0 Å². The van der Waals surface area contributed by atoms with Crippen LogP contribution in [0.4, 0.5) is 0 Å². The lowest BCUT2D eigenvalue weighted by Gasteiger charge is -2.31. The molecule has 0 aliphatic heterocycles. The molecule has 0 amide bonds. The molecule has 5 nitrogen and oxygen atoms in total. The van der Waals surface area contributed by atoms with Gasteiger partial charge in [0.2, 0.25) is 10.0 Å². The van der Waals surface area contributed by atoms with Gasteiger partial charge in [-0.05, 0) is 32.6 Å². The van der Waals surface area contributed by atoms with E-state index in [1.54, 1.807) is 18.2 Å². The first-order valence-corrected chi connectivity index (χ1v) is 7.92. The van der Waals surface area contributed by atoms with Crippen molar-refractivity contribution in [2.24, 2.45) is 5.92 Å². The Balaban J connectivity index is 2.27. The van der Waals surface area contributed by atoms with E-state index in [2.05, 4.69) is 10.2 Å². The molecule has 2 rings (SSSR count). The summed E-state index contributed by atoms with van der Waals surface area (Å²) in [5.74, 6) is 0.534. The first-order valence-electron chi connectivity index (χ1n) is 6.48. The molecular formula is C12H21N3O2S. The average molecular weight is 271 g/mol. The van der Waals surface area contributed by atoms with Crippen LogP contribution in [-0.4, -0.2) is 36.0 Å². The Morgan fingerprint density at radius 1 is 1.39 bits per heavy atom. The zero-order chi connectivity index (χ0) is 13.3. The average Bonchev–Trinajstić information content (AvgIpc) is 2.57. The molecule has 1 aliphatic carbocycles. The van der Waals surface area contributed by atoms with Gasteiger partial charge in [-0.1, -0.05) is 13.3 Å². The highest BCUT2D eigenvalue weighted by atomic mass is 32.2. The van der Waals surface area contributed by atoms with Gasteiger partial charge < -0.3 is 0 Å². The fraction of sp³-hybridized carbons (Fsp3) is 0.750. The van der Waals surface area contributed by atoms with Gasteiger partial charge in [-0.25, -0.2) is 8.42 Å². The van der Waals surface area contributed by atoms with Crippen molar-refractivity contribution in [3.63, 3.8) is 0 Å². The lowest BCUT2D eigenvalue weighted by molar-refractivity contribution is 0.250. The first kappa shape index (κ1) is 13.5. The standard InChI is InChI=1S/C12H21N3O2S/c1-4-15(8-11-6-5-7-11)18(16,17)12-9(2)13-14-10(12)3/h11H,4-8H2,1-3H3,(H,13,14). The van der Waals surface area contributed by atoms with Crippen molar-refractivity contribution in [2.45, 2.75) is 44.9 Å². The number of aromatic amines is 1. The maximum atomic E-state index is 12.6. The molecule has 102 valence electrons. The van der Waals surface area contributed by atoms with E-state index in [1.165, 1.54) is 6.42 Å². The number of hydrogen-bond donors (Lipinski definition) is 1. The zero-order valence-corrected chi connectivity index (χ0v) is 12.0. The molecule has 18 heavy (non-hydrogen) atoms. The third kappa shape index (κ3) is 2.31. The van der Waals surface area contributed by atoms with Gasteiger partial charge in [0.05, 0.1) is 11.4 Å². The Bertz CT molecular complexity index is 498. The van der Waals surface area contributed by atoms with Crippen LogP contribution in [0.25, 0.3) is 0 Å². The highest BCUT2D eigenvalue weighted by Crippen LogP contribution is 2.30. The third-order valence-corrected chi connectivity index (χ3v) is 5.90. The van der Waals surface area contributed by atoms with Crippen molar-refractivity contribution in [2.75, 3.05) is 13.1 Å². The first-order chi connectivity index (χ1) is 8.46. The van der Waals surface area contributed by atoms with Crippen molar-refractivity contribution >= 4 is 10.0 Å². The second kappa shape index (κ2) is 5.01. The number of aryl methyl sites for hydroxylation is 2. The van der Waals surface area contributed by atoms with Gasteiger partial charge in [0, 0.05) is 13.1 Å². The summed E-state index contributed by atoms with van der Waals surface area (Å²) in [6, 6.07) is 0. The summed E-state index contributed by atoms with van der Waals surface area (Å²) in [5.41, 5.74) is 1.18. The minimum absolute atomic E-state index is 0.351. The molecule has 6 heteroatoms. The van der Waals surface area contributed by atoms with Crippen molar-refractivity contribution in [1.29, 1.82) is 0 Å². The second-order valence-electron chi connectivity index (χ2n) is 5.02. The summed E-state index contributed by atoms with van der Waals surface area (Å²) in [4.78, 5) is 0.351. The van der Waals surface area contributed by atoms with Crippen LogP contribution >= 0.6 is 0 Å². The fourth-order valence-electron chi connectivity index (χ4n) is 2.41. The van der Waals surface area contributed by atoms with Gasteiger partial charge in [0.25, 0.3) is 0 Å². The molecule has 0 bridgehead atoms. The molecule has 1 N–H and O–H groups in total. The normalized spacial score (nSPS) is 17.1. The van der Waals surface area contributed by atoms with Crippen LogP contribution in [0.2, 0.25) is 0 Å². The molecule has 1 aromatic rings. The minimum Gasteiger partial charge on any atom is -0.281 e. The predicted molar refractivity (Wildman–Crippen MR) is 69.8 cm³/mol. The number of rotatable bonds is 5. The van der Waals surface area contributed by atoms with Crippen LogP contribution in [0.1, 0.15) is 37.6 Å². The van der Waals surface area contributed by atoms with Crippen LogP contribution in [-0.2, 0) is 10.0 Å². The van der Waals surface area contributed by atoms with Crippen LogP contribution in [0.3, 0.4) is 0 Å². The monoisotopic (exact) mass is 271 g/mol. The van der Waals surface area contributed by atoms with E-state index < -0.39 is 10.0 Å². The van der Waals surface area contributed by atoms with Gasteiger partial charge in [0.15, 0.2) is 0 Å². The summed E-state index contributed by atoms with van der Waals surface area (Å²) >= 11 is 0. The van der Waals surface area contributed by atoms with E-state index in [1.807, 2.05) is 6.92 Å². The van der Waals surface area contributed by atoms with Crippen LogP contribution in [0.15, 0.2) is 4.90 Å². The Morgan fingerprint density at radius 2 is 2.06 bits per heavy atom. The number of aromatic nitrogens is 2. The molecular weight excluding hydrogens is 250 g/mol. The lowest BCUT2D eigenvalue weighted by atomic mass is 9.85. The summed E-state index contributed by atoms with van der Waals surface area (Å²) in [6.45, 7) is 6.53. The Labute approximate surface area is 109 Å². The molecule has 0 spiro atoms. The zero-order valence-electron chi connectivity index (χ0n) is 11.2. The fourth-order valence-corrected chi connectivity index (χ4v) is 4.27. The number of nitrogens with one attached hydrogen (secondary N) is 1. The maximum absolute atomic E-state index is 12.6. The molecule has 1 heterocycles. The van der Waals surface area contributed by atoms with E-state index in [0.29, 0.717) is 35.3 Å². The van der Waals surface area contributed by atoms with Gasteiger partial charge in [-0.3, -0.25) is 5.10 Å². The maximum Gasteiger partial charge on any atom is 0.246 e. The van der Waals surface area contributed by atoms with E-state index in [0.717, 1.165) is 12.8 Å². The number of nitrogens with zero attached hydrogens (tertiary/aromatic N) is 2. The molecule has 0 radical (unpaired) electrons. The topological polar surface area (TPSA) is 66.1 Å². The Kier molecular flexibility index (Phi) is 3.77. The van der Waals surface area contributed by atoms with E-state index in [9.17, 15) is 8.42 Å². The Morgan fingerprint density at radius 3 is 2.44 bits per heavy atom. The minimum atomic E-state index is -3.40. The van der Waals surface area contributed by atoms with Crippen LogP contribution in [0.5, 0.6) is 0 Å². The molecule has 0 saturated heterocycles. The summed E-state index contributed by atoms with van der Waals surface area (Å²) in [6.07, 6.45) is 3.52. The van der Waals surface area contributed by atoms with Crippen molar-refractivity contribution in [3.8, 4) is 0 Å². The van der Waals surface area contributed by atoms with E-state index in [-0.39, 0.29) is 0 Å². The van der Waals surface area contributed by atoms with E-state index >= 15 is 0 Å². The lowest BCUT2D eigenvalue weighted by Crippen LogP contribution is -2.37. The summed E-state index contributed by atoms with van der Waals surface area (Å²) in [7, 11) is -3.40. The second-order valence-corrected chi connectivity index (χ2v) is 6.89. The molecule has 1 aromatic heterocycles.